The predicted octanol–water partition coefficient (Wildman–Crippen LogP) is 5.51. The van der Waals surface area contributed by atoms with E-state index in [9.17, 15) is 10.2 Å². The first-order valence-corrected chi connectivity index (χ1v) is 12.6. The minimum atomic E-state index is -1.30. The molecule has 2 N–H and O–H groups in total. The lowest BCUT2D eigenvalue weighted by Crippen LogP contribution is -2.30. The van der Waals surface area contributed by atoms with Gasteiger partial charge in [-0.2, -0.15) is 0 Å². The highest BCUT2D eigenvalue weighted by atomic mass is 19.1. The molecule has 2 aromatic rings. The minimum Gasteiger partial charge on any atom is -0.490 e. The Hall–Kier alpha value is -1.95. The molecule has 0 aromatic heterocycles. The Balaban J connectivity index is 1.21. The molecule has 3 aliphatic rings. The number of hydrogen-bond acceptors (Lipinski definition) is 4. The van der Waals surface area contributed by atoms with Gasteiger partial charge in [0.15, 0.2) is 6.29 Å². The second-order valence-corrected chi connectivity index (χ2v) is 10.5. The highest BCUT2D eigenvalue weighted by Crippen LogP contribution is 2.49. The molecular weight excluding hydrogens is 417 g/mol. The molecular formula is C28H36FNO3. The molecule has 0 amide bonds. The van der Waals surface area contributed by atoms with Gasteiger partial charge in [-0.05, 0) is 74.6 Å². The van der Waals surface area contributed by atoms with E-state index in [1.807, 2.05) is 42.5 Å². The Morgan fingerprint density at radius 2 is 1.70 bits per heavy atom. The number of hydrogen-bond donors (Lipinski definition) is 2. The van der Waals surface area contributed by atoms with Crippen molar-refractivity contribution in [1.29, 1.82) is 0 Å². The summed E-state index contributed by atoms with van der Waals surface area (Å²) < 4.78 is 21.6. The molecule has 5 heteroatoms. The maximum atomic E-state index is 15.3. The lowest BCUT2D eigenvalue weighted by Gasteiger charge is -2.37. The quantitative estimate of drug-likeness (QED) is 0.567. The van der Waals surface area contributed by atoms with Crippen LogP contribution in [0.1, 0.15) is 63.4 Å². The molecule has 1 aliphatic heterocycles. The monoisotopic (exact) mass is 453 g/mol. The zero-order chi connectivity index (χ0) is 22.8. The Kier molecular flexibility index (Phi) is 6.73. The molecule has 33 heavy (non-hydrogen) atoms. The summed E-state index contributed by atoms with van der Waals surface area (Å²) in [6.45, 7) is 1.81. The molecule has 1 heterocycles. The van der Waals surface area contributed by atoms with Gasteiger partial charge in [0, 0.05) is 30.1 Å². The minimum absolute atomic E-state index is 0.156. The molecule has 1 atom stereocenters. The molecule has 2 aromatic carbocycles. The van der Waals surface area contributed by atoms with E-state index in [0.717, 1.165) is 37.1 Å². The lowest BCUT2D eigenvalue weighted by molar-refractivity contribution is -0.0801. The van der Waals surface area contributed by atoms with Crippen molar-refractivity contribution in [3.63, 3.8) is 0 Å². The fourth-order valence-corrected chi connectivity index (χ4v) is 6.27. The van der Waals surface area contributed by atoms with Gasteiger partial charge >= 0.3 is 0 Å². The molecule has 1 spiro atoms. The number of aliphatic hydroxyl groups excluding tert-OH is 1. The van der Waals surface area contributed by atoms with E-state index in [0.29, 0.717) is 35.7 Å². The second kappa shape index (κ2) is 9.73. The predicted molar refractivity (Wildman–Crippen MR) is 127 cm³/mol. The number of rotatable bonds is 6. The molecule has 2 saturated carbocycles. The van der Waals surface area contributed by atoms with Crippen LogP contribution in [0.25, 0.3) is 11.1 Å². The molecule has 0 bridgehead atoms. The summed E-state index contributed by atoms with van der Waals surface area (Å²) in [6.07, 6.45) is 10.2. The van der Waals surface area contributed by atoms with Crippen LogP contribution in [-0.4, -0.2) is 40.6 Å². The third-order valence-electron chi connectivity index (χ3n) is 8.33. The third kappa shape index (κ3) is 5.11. The van der Waals surface area contributed by atoms with Gasteiger partial charge < -0.3 is 14.9 Å². The van der Waals surface area contributed by atoms with Gasteiger partial charge in [-0.3, -0.25) is 4.90 Å². The summed E-state index contributed by atoms with van der Waals surface area (Å²) in [6, 6.07) is 13.4. The van der Waals surface area contributed by atoms with Crippen LogP contribution in [0.5, 0.6) is 5.75 Å². The number of ether oxygens (including phenoxy) is 1. The molecule has 178 valence electrons. The van der Waals surface area contributed by atoms with Gasteiger partial charge in [-0.1, -0.05) is 43.2 Å². The SMILES string of the molecule is OC(O)C1CCN(Cc2cccc(-c3ccc(OC4CCC5(CCCC5)CC4)cc3)c2F)C1. The van der Waals surface area contributed by atoms with Crippen LogP contribution in [0, 0.1) is 17.2 Å². The first-order chi connectivity index (χ1) is 16.0. The van der Waals surface area contributed by atoms with E-state index in [1.165, 1.54) is 38.5 Å². The molecule has 5 rings (SSSR count). The van der Waals surface area contributed by atoms with E-state index in [2.05, 4.69) is 4.90 Å². The number of likely N-dealkylation sites (tertiary alicyclic amines) is 1. The molecule has 4 nitrogen and oxygen atoms in total. The van der Waals surface area contributed by atoms with Gasteiger partial charge in [-0.15, -0.1) is 0 Å². The maximum absolute atomic E-state index is 15.3. The third-order valence-corrected chi connectivity index (χ3v) is 8.33. The van der Waals surface area contributed by atoms with Gasteiger partial charge in [0.1, 0.15) is 11.6 Å². The van der Waals surface area contributed by atoms with E-state index >= 15 is 4.39 Å². The Morgan fingerprint density at radius 1 is 0.970 bits per heavy atom. The van der Waals surface area contributed by atoms with Crippen molar-refractivity contribution in [2.75, 3.05) is 13.1 Å². The molecule has 3 fully saturated rings. The van der Waals surface area contributed by atoms with E-state index in [4.69, 9.17) is 4.74 Å². The number of benzene rings is 2. The number of aliphatic hydroxyl groups is 2. The largest absolute Gasteiger partial charge is 0.490 e. The van der Waals surface area contributed by atoms with Gasteiger partial charge in [0.25, 0.3) is 0 Å². The summed E-state index contributed by atoms with van der Waals surface area (Å²) in [5.74, 6) is 0.512. The Bertz CT molecular complexity index is 929. The smallest absolute Gasteiger partial charge is 0.155 e. The fraction of sp³-hybridized carbons (Fsp3) is 0.571. The Morgan fingerprint density at radius 3 is 2.36 bits per heavy atom. The standard InChI is InChI=1S/C28H36FNO3/c29-26-21(18-30-17-12-22(19-30)27(31)32)4-3-5-25(26)20-6-8-23(9-7-20)33-24-10-15-28(16-11-24)13-1-2-14-28/h3-9,22,24,27,31-32H,1-2,10-19H2. The van der Waals surface area contributed by atoms with Crippen molar-refractivity contribution in [2.45, 2.75) is 76.7 Å². The van der Waals surface area contributed by atoms with Crippen LogP contribution >= 0.6 is 0 Å². The summed E-state index contributed by atoms with van der Waals surface area (Å²) in [5.41, 5.74) is 2.70. The van der Waals surface area contributed by atoms with Gasteiger partial charge in [0.05, 0.1) is 6.10 Å². The van der Waals surface area contributed by atoms with Crippen LogP contribution in [-0.2, 0) is 6.54 Å². The van der Waals surface area contributed by atoms with Crippen molar-refractivity contribution in [1.82, 2.24) is 4.90 Å². The van der Waals surface area contributed by atoms with Crippen molar-refractivity contribution in [3.05, 3.63) is 53.8 Å². The zero-order valence-electron chi connectivity index (χ0n) is 19.4. The first-order valence-electron chi connectivity index (χ1n) is 12.6. The van der Waals surface area contributed by atoms with Crippen molar-refractivity contribution >= 4 is 0 Å². The van der Waals surface area contributed by atoms with Crippen LogP contribution in [0.4, 0.5) is 4.39 Å². The summed E-state index contributed by atoms with van der Waals surface area (Å²) in [5, 5.41) is 18.8. The van der Waals surface area contributed by atoms with Crippen LogP contribution < -0.4 is 4.74 Å². The van der Waals surface area contributed by atoms with E-state index < -0.39 is 6.29 Å². The first kappa shape index (κ1) is 22.8. The zero-order valence-corrected chi connectivity index (χ0v) is 19.4. The van der Waals surface area contributed by atoms with E-state index in [1.54, 1.807) is 0 Å². The van der Waals surface area contributed by atoms with Crippen LogP contribution in [0.3, 0.4) is 0 Å². The summed E-state index contributed by atoms with van der Waals surface area (Å²) in [7, 11) is 0. The molecule has 1 unspecified atom stereocenters. The van der Waals surface area contributed by atoms with Crippen LogP contribution in [0.15, 0.2) is 42.5 Å². The molecule has 0 radical (unpaired) electrons. The average Bonchev–Trinajstić information content (AvgIpc) is 3.48. The van der Waals surface area contributed by atoms with Crippen LogP contribution in [0.2, 0.25) is 0 Å². The van der Waals surface area contributed by atoms with E-state index in [-0.39, 0.29) is 11.7 Å². The summed E-state index contributed by atoms with van der Waals surface area (Å²) in [4.78, 5) is 2.09. The Labute approximate surface area is 196 Å². The highest BCUT2D eigenvalue weighted by Gasteiger charge is 2.38. The average molecular weight is 454 g/mol. The van der Waals surface area contributed by atoms with Gasteiger partial charge in [-0.25, -0.2) is 4.39 Å². The van der Waals surface area contributed by atoms with Crippen molar-refractivity contribution in [3.8, 4) is 16.9 Å². The normalized spacial score (nSPS) is 23.6. The second-order valence-electron chi connectivity index (χ2n) is 10.5. The lowest BCUT2D eigenvalue weighted by atomic mass is 9.72. The topological polar surface area (TPSA) is 52.9 Å². The van der Waals surface area contributed by atoms with Gasteiger partial charge in [0.2, 0.25) is 0 Å². The fourth-order valence-electron chi connectivity index (χ4n) is 6.27. The maximum Gasteiger partial charge on any atom is 0.155 e. The molecule has 2 aliphatic carbocycles. The highest BCUT2D eigenvalue weighted by molar-refractivity contribution is 5.65. The molecule has 1 saturated heterocycles. The number of nitrogens with zero attached hydrogens (tertiary/aromatic N) is 1. The van der Waals surface area contributed by atoms with Crippen molar-refractivity contribution in [2.24, 2.45) is 11.3 Å². The number of halogens is 1. The summed E-state index contributed by atoms with van der Waals surface area (Å²) >= 11 is 0. The van der Waals surface area contributed by atoms with Crippen molar-refractivity contribution < 1.29 is 19.3 Å².